The lowest BCUT2D eigenvalue weighted by Gasteiger charge is -2.25. The van der Waals surface area contributed by atoms with Gasteiger partial charge in [0.05, 0.1) is 13.1 Å². The van der Waals surface area contributed by atoms with Crippen LogP contribution in [0.4, 0.5) is 0 Å². The summed E-state index contributed by atoms with van der Waals surface area (Å²) in [6.45, 7) is 1.77. The molecule has 2 unspecified atom stereocenters. The predicted molar refractivity (Wildman–Crippen MR) is 58.3 cm³/mol. The molecule has 92 valence electrons. The molecule has 2 N–H and O–H groups in total. The van der Waals surface area contributed by atoms with E-state index in [1.807, 2.05) is 0 Å². The molecular formula is C11H19NO4. The molecule has 0 bridgehead atoms. The molecule has 1 aliphatic rings. The van der Waals surface area contributed by atoms with E-state index in [1.165, 1.54) is 0 Å². The van der Waals surface area contributed by atoms with Gasteiger partial charge >= 0.3 is 11.9 Å². The molecule has 1 aliphatic carbocycles. The van der Waals surface area contributed by atoms with E-state index in [1.54, 1.807) is 4.90 Å². The Morgan fingerprint density at radius 2 is 1.75 bits per heavy atom. The Bertz CT molecular complexity index is 251. The van der Waals surface area contributed by atoms with E-state index in [0.717, 1.165) is 25.7 Å². The van der Waals surface area contributed by atoms with Crippen LogP contribution in [0.5, 0.6) is 0 Å². The van der Waals surface area contributed by atoms with Crippen molar-refractivity contribution in [2.75, 3.05) is 13.1 Å². The van der Waals surface area contributed by atoms with Crippen molar-refractivity contribution in [1.82, 2.24) is 4.90 Å². The molecule has 5 heteroatoms. The second-order valence-electron chi connectivity index (χ2n) is 4.43. The maximum absolute atomic E-state index is 10.7. The fraction of sp³-hybridized carbons (Fsp3) is 0.818. The van der Waals surface area contributed by atoms with Crippen LogP contribution >= 0.6 is 0 Å². The van der Waals surface area contributed by atoms with E-state index in [4.69, 9.17) is 10.2 Å². The quantitative estimate of drug-likeness (QED) is 0.711. The fourth-order valence-electron chi connectivity index (χ4n) is 2.41. The minimum Gasteiger partial charge on any atom is -0.480 e. The number of nitrogens with zero attached hydrogens (tertiary/aromatic N) is 1. The zero-order valence-electron chi connectivity index (χ0n) is 9.56. The van der Waals surface area contributed by atoms with Crippen LogP contribution in [-0.4, -0.2) is 46.2 Å². The molecule has 1 fully saturated rings. The van der Waals surface area contributed by atoms with Crippen molar-refractivity contribution >= 4 is 11.9 Å². The summed E-state index contributed by atoms with van der Waals surface area (Å²) in [6.07, 6.45) is 4.01. The molecule has 16 heavy (non-hydrogen) atoms. The minimum atomic E-state index is -0.957. The largest absolute Gasteiger partial charge is 0.480 e. The maximum atomic E-state index is 10.7. The highest BCUT2D eigenvalue weighted by Crippen LogP contribution is 2.31. The van der Waals surface area contributed by atoms with Crippen LogP contribution in [0, 0.1) is 5.92 Å². The SMILES string of the molecule is CCC1CCC(N(CC(=O)O)CC(=O)O)C1. The summed E-state index contributed by atoms with van der Waals surface area (Å²) < 4.78 is 0. The fourth-order valence-corrected chi connectivity index (χ4v) is 2.41. The zero-order valence-corrected chi connectivity index (χ0v) is 9.56. The lowest BCUT2D eigenvalue weighted by atomic mass is 10.1. The second-order valence-corrected chi connectivity index (χ2v) is 4.43. The third-order valence-electron chi connectivity index (χ3n) is 3.28. The first-order chi connectivity index (χ1) is 7.52. The third-order valence-corrected chi connectivity index (χ3v) is 3.28. The highest BCUT2D eigenvalue weighted by Gasteiger charge is 2.30. The van der Waals surface area contributed by atoms with E-state index in [0.29, 0.717) is 5.92 Å². The smallest absolute Gasteiger partial charge is 0.317 e. The Morgan fingerprint density at radius 1 is 1.19 bits per heavy atom. The van der Waals surface area contributed by atoms with Gasteiger partial charge in [-0.05, 0) is 25.2 Å². The van der Waals surface area contributed by atoms with Gasteiger partial charge < -0.3 is 10.2 Å². The maximum Gasteiger partial charge on any atom is 0.317 e. The Hall–Kier alpha value is -1.10. The third kappa shape index (κ3) is 3.81. The number of hydrogen-bond acceptors (Lipinski definition) is 3. The summed E-state index contributed by atoms with van der Waals surface area (Å²) in [5, 5.41) is 17.5. The molecule has 0 aliphatic heterocycles. The Kier molecular flexibility index (Phi) is 4.73. The summed E-state index contributed by atoms with van der Waals surface area (Å²) in [5.74, 6) is -1.29. The molecule has 1 saturated carbocycles. The van der Waals surface area contributed by atoms with Gasteiger partial charge in [-0.3, -0.25) is 14.5 Å². The van der Waals surface area contributed by atoms with Gasteiger partial charge in [0.1, 0.15) is 0 Å². The van der Waals surface area contributed by atoms with Crippen molar-refractivity contribution in [3.8, 4) is 0 Å². The second kappa shape index (κ2) is 5.84. The van der Waals surface area contributed by atoms with E-state index < -0.39 is 11.9 Å². The van der Waals surface area contributed by atoms with Crippen molar-refractivity contribution in [2.45, 2.75) is 38.6 Å². The zero-order chi connectivity index (χ0) is 12.1. The molecule has 1 rings (SSSR count). The Labute approximate surface area is 95.1 Å². The average Bonchev–Trinajstić information content (AvgIpc) is 2.63. The monoisotopic (exact) mass is 229 g/mol. The number of carboxylic acids is 2. The van der Waals surface area contributed by atoms with E-state index in [9.17, 15) is 9.59 Å². The Balaban J connectivity index is 2.55. The molecule has 0 radical (unpaired) electrons. The van der Waals surface area contributed by atoms with Crippen LogP contribution in [0.2, 0.25) is 0 Å². The first-order valence-corrected chi connectivity index (χ1v) is 5.70. The van der Waals surface area contributed by atoms with Gasteiger partial charge in [-0.2, -0.15) is 0 Å². The van der Waals surface area contributed by atoms with E-state index >= 15 is 0 Å². The van der Waals surface area contributed by atoms with Gasteiger partial charge in [-0.1, -0.05) is 13.3 Å². The normalized spacial score (nSPS) is 24.9. The van der Waals surface area contributed by atoms with Crippen molar-refractivity contribution in [2.24, 2.45) is 5.92 Å². The van der Waals surface area contributed by atoms with Crippen LogP contribution in [-0.2, 0) is 9.59 Å². The van der Waals surface area contributed by atoms with E-state index in [-0.39, 0.29) is 19.1 Å². The molecule has 0 aromatic carbocycles. The first-order valence-electron chi connectivity index (χ1n) is 5.70. The van der Waals surface area contributed by atoms with E-state index in [2.05, 4.69) is 6.92 Å². The van der Waals surface area contributed by atoms with Crippen LogP contribution in [0.25, 0.3) is 0 Å². The number of carboxylic acid groups (broad SMARTS) is 2. The average molecular weight is 229 g/mol. The van der Waals surface area contributed by atoms with Crippen LogP contribution in [0.3, 0.4) is 0 Å². The molecule has 0 amide bonds. The highest BCUT2D eigenvalue weighted by atomic mass is 16.4. The highest BCUT2D eigenvalue weighted by molar-refractivity contribution is 5.72. The molecule has 0 spiro atoms. The van der Waals surface area contributed by atoms with Crippen LogP contribution in [0.1, 0.15) is 32.6 Å². The van der Waals surface area contributed by atoms with Crippen molar-refractivity contribution in [3.05, 3.63) is 0 Å². The predicted octanol–water partition coefficient (Wildman–Crippen LogP) is 1.04. The summed E-state index contributed by atoms with van der Waals surface area (Å²) >= 11 is 0. The summed E-state index contributed by atoms with van der Waals surface area (Å²) in [7, 11) is 0. The van der Waals surface area contributed by atoms with Crippen molar-refractivity contribution < 1.29 is 19.8 Å². The van der Waals surface area contributed by atoms with Gasteiger partial charge in [-0.25, -0.2) is 0 Å². The molecule has 5 nitrogen and oxygen atoms in total. The van der Waals surface area contributed by atoms with Crippen LogP contribution < -0.4 is 0 Å². The molecular weight excluding hydrogens is 210 g/mol. The lowest BCUT2D eigenvalue weighted by Crippen LogP contribution is -2.41. The Morgan fingerprint density at radius 3 is 2.12 bits per heavy atom. The lowest BCUT2D eigenvalue weighted by molar-refractivity contribution is -0.142. The number of carbonyl (C=O) groups is 2. The van der Waals surface area contributed by atoms with Gasteiger partial charge in [0.2, 0.25) is 0 Å². The summed E-state index contributed by atoms with van der Waals surface area (Å²) in [4.78, 5) is 22.9. The molecule has 2 atom stereocenters. The molecule has 0 aromatic heterocycles. The molecule has 0 aromatic rings. The topological polar surface area (TPSA) is 77.8 Å². The number of hydrogen-bond donors (Lipinski definition) is 2. The van der Waals surface area contributed by atoms with Crippen molar-refractivity contribution in [1.29, 1.82) is 0 Å². The van der Waals surface area contributed by atoms with Gasteiger partial charge in [-0.15, -0.1) is 0 Å². The minimum absolute atomic E-state index is 0.122. The van der Waals surface area contributed by atoms with Crippen molar-refractivity contribution in [3.63, 3.8) is 0 Å². The molecule has 0 heterocycles. The van der Waals surface area contributed by atoms with Gasteiger partial charge in [0, 0.05) is 6.04 Å². The van der Waals surface area contributed by atoms with Gasteiger partial charge in [0.25, 0.3) is 0 Å². The summed E-state index contributed by atoms with van der Waals surface area (Å²) in [6, 6.07) is 0.122. The summed E-state index contributed by atoms with van der Waals surface area (Å²) in [5.41, 5.74) is 0. The number of rotatable bonds is 6. The van der Waals surface area contributed by atoms with Crippen LogP contribution in [0.15, 0.2) is 0 Å². The first kappa shape index (κ1) is 13.0. The van der Waals surface area contributed by atoms with Gasteiger partial charge in [0.15, 0.2) is 0 Å². The number of aliphatic carboxylic acids is 2. The standard InChI is InChI=1S/C11H19NO4/c1-2-8-3-4-9(5-8)12(6-10(13)14)7-11(15)16/h8-9H,2-7H2,1H3,(H,13,14)(H,15,16). The molecule has 0 saturated heterocycles.